The highest BCUT2D eigenvalue weighted by atomic mass is 32.2. The lowest BCUT2D eigenvalue weighted by Gasteiger charge is -2.11. The first-order valence-electron chi connectivity index (χ1n) is 7.84. The summed E-state index contributed by atoms with van der Waals surface area (Å²) in [4.78, 5) is -0.00249. The average molecular weight is 375 g/mol. The first-order valence-corrected chi connectivity index (χ1v) is 9.32. The van der Waals surface area contributed by atoms with Crippen LogP contribution in [0.5, 0.6) is 17.2 Å². The minimum atomic E-state index is -3.78. The molecule has 138 valence electrons. The number of nitrogens with one attached hydrogen (secondary N) is 1. The molecule has 2 rings (SSSR count). The van der Waals surface area contributed by atoms with Crippen LogP contribution in [-0.4, -0.2) is 35.8 Å². The van der Waals surface area contributed by atoms with Crippen LogP contribution in [0.25, 0.3) is 0 Å². The van der Waals surface area contributed by atoms with Gasteiger partial charge in [-0.15, -0.1) is 0 Å². The van der Waals surface area contributed by atoms with E-state index in [1.54, 1.807) is 6.07 Å². The van der Waals surface area contributed by atoms with E-state index >= 15 is 0 Å². The highest BCUT2D eigenvalue weighted by Gasteiger charge is 2.19. The van der Waals surface area contributed by atoms with E-state index in [0.717, 1.165) is 11.3 Å². The number of methoxy groups -OCH3 is 2. The maximum Gasteiger partial charge on any atom is 0.245 e. The first kappa shape index (κ1) is 19.6. The fraction of sp³-hybridized carbons (Fsp3) is 0.263. The zero-order valence-electron chi connectivity index (χ0n) is 14.9. The number of ether oxygens (including phenoxy) is 3. The van der Waals surface area contributed by atoms with Crippen molar-refractivity contribution in [1.29, 1.82) is 0 Å². The van der Waals surface area contributed by atoms with Crippen molar-refractivity contribution in [3.8, 4) is 29.1 Å². The van der Waals surface area contributed by atoms with Gasteiger partial charge in [-0.3, -0.25) is 0 Å². The minimum absolute atomic E-state index is 0.00249. The van der Waals surface area contributed by atoms with Crippen molar-refractivity contribution in [2.75, 3.05) is 27.4 Å². The number of para-hydroxylation sites is 1. The van der Waals surface area contributed by atoms with E-state index in [-0.39, 0.29) is 23.8 Å². The molecule has 0 heterocycles. The Kier molecular flexibility index (Phi) is 6.89. The van der Waals surface area contributed by atoms with Crippen molar-refractivity contribution in [2.45, 2.75) is 11.8 Å². The van der Waals surface area contributed by atoms with E-state index in [2.05, 4.69) is 16.6 Å². The van der Waals surface area contributed by atoms with E-state index in [1.165, 1.54) is 26.4 Å². The molecule has 1 N–H and O–H groups in total. The molecule has 0 spiro atoms. The molecule has 0 aromatic heterocycles. The Morgan fingerprint density at radius 2 is 1.77 bits per heavy atom. The summed E-state index contributed by atoms with van der Waals surface area (Å²) in [5.41, 5.74) is 1.01. The fourth-order valence-electron chi connectivity index (χ4n) is 2.15. The second-order valence-corrected chi connectivity index (χ2v) is 6.98. The van der Waals surface area contributed by atoms with Crippen LogP contribution in [0.4, 0.5) is 0 Å². The molecule has 0 aliphatic rings. The van der Waals surface area contributed by atoms with Gasteiger partial charge in [-0.1, -0.05) is 30.0 Å². The molecule has 0 aliphatic carbocycles. The van der Waals surface area contributed by atoms with Crippen LogP contribution in [0.2, 0.25) is 0 Å². The fourth-order valence-corrected chi connectivity index (χ4v) is 3.25. The van der Waals surface area contributed by atoms with Crippen LogP contribution in [0.1, 0.15) is 5.56 Å². The SMILES string of the molecule is COc1ccc(OC)c(S(=O)(=O)NCC#CCOc2ccccc2C)c1. The van der Waals surface area contributed by atoms with Crippen LogP contribution >= 0.6 is 0 Å². The highest BCUT2D eigenvalue weighted by Crippen LogP contribution is 2.27. The second-order valence-electron chi connectivity index (χ2n) is 5.25. The minimum Gasteiger partial charge on any atom is -0.497 e. The first-order chi connectivity index (χ1) is 12.5. The summed E-state index contributed by atoms with van der Waals surface area (Å²) in [6, 6.07) is 12.2. The molecule has 0 bridgehead atoms. The van der Waals surface area contributed by atoms with Crippen LogP contribution in [0.3, 0.4) is 0 Å². The van der Waals surface area contributed by atoms with Gasteiger partial charge >= 0.3 is 0 Å². The second kappa shape index (κ2) is 9.13. The van der Waals surface area contributed by atoms with Gasteiger partial charge in [0, 0.05) is 6.07 Å². The lowest BCUT2D eigenvalue weighted by atomic mass is 10.2. The Morgan fingerprint density at radius 1 is 1.00 bits per heavy atom. The normalized spacial score (nSPS) is 10.6. The van der Waals surface area contributed by atoms with Crippen LogP contribution in [0, 0.1) is 18.8 Å². The van der Waals surface area contributed by atoms with Gasteiger partial charge in [0.15, 0.2) is 0 Å². The Bertz CT molecular complexity index is 913. The molecule has 0 aliphatic heterocycles. The maximum atomic E-state index is 12.4. The van der Waals surface area contributed by atoms with Gasteiger partial charge < -0.3 is 14.2 Å². The number of hydrogen-bond donors (Lipinski definition) is 1. The van der Waals surface area contributed by atoms with Crippen molar-refractivity contribution in [2.24, 2.45) is 0 Å². The van der Waals surface area contributed by atoms with E-state index < -0.39 is 10.0 Å². The number of sulfonamides is 1. The molecule has 7 heteroatoms. The summed E-state index contributed by atoms with van der Waals surface area (Å²) in [5, 5.41) is 0. The molecule has 0 atom stereocenters. The number of benzene rings is 2. The Hall–Kier alpha value is -2.69. The molecule has 6 nitrogen and oxygen atoms in total. The monoisotopic (exact) mass is 375 g/mol. The van der Waals surface area contributed by atoms with Crippen LogP contribution < -0.4 is 18.9 Å². The number of rotatable bonds is 7. The maximum absolute atomic E-state index is 12.4. The summed E-state index contributed by atoms with van der Waals surface area (Å²) in [6.07, 6.45) is 0. The molecule has 0 amide bonds. The standard InChI is InChI=1S/C19H21NO5S/c1-15-8-4-5-9-17(15)25-13-7-6-12-20-26(21,22)19-14-16(23-2)10-11-18(19)24-3/h4-5,8-11,14,20H,12-13H2,1-3H3. The molecular weight excluding hydrogens is 354 g/mol. The number of aryl methyl sites for hydroxylation is 1. The summed E-state index contributed by atoms with van der Waals surface area (Å²) in [7, 11) is -0.910. The third-order valence-corrected chi connectivity index (χ3v) is 4.95. The molecule has 2 aromatic rings. The highest BCUT2D eigenvalue weighted by molar-refractivity contribution is 7.89. The molecule has 0 saturated heterocycles. The third-order valence-electron chi connectivity index (χ3n) is 3.53. The topological polar surface area (TPSA) is 73.9 Å². The van der Waals surface area contributed by atoms with Gasteiger partial charge in [0.05, 0.1) is 20.8 Å². The van der Waals surface area contributed by atoms with Crippen molar-refractivity contribution >= 4 is 10.0 Å². The van der Waals surface area contributed by atoms with Crippen molar-refractivity contribution < 1.29 is 22.6 Å². The Morgan fingerprint density at radius 3 is 2.46 bits per heavy atom. The molecule has 0 radical (unpaired) electrons. The molecule has 0 fully saturated rings. The summed E-state index contributed by atoms with van der Waals surface area (Å²) < 4.78 is 43.0. The molecule has 2 aromatic carbocycles. The average Bonchev–Trinajstić information content (AvgIpc) is 2.65. The largest absolute Gasteiger partial charge is 0.497 e. The van der Waals surface area contributed by atoms with Gasteiger partial charge in [0.2, 0.25) is 10.0 Å². The predicted molar refractivity (Wildman–Crippen MR) is 99.2 cm³/mol. The Labute approximate surface area is 154 Å². The lowest BCUT2D eigenvalue weighted by Crippen LogP contribution is -2.24. The molecule has 26 heavy (non-hydrogen) atoms. The smallest absolute Gasteiger partial charge is 0.245 e. The van der Waals surface area contributed by atoms with Crippen molar-refractivity contribution in [1.82, 2.24) is 4.72 Å². The van der Waals surface area contributed by atoms with Crippen LogP contribution in [0.15, 0.2) is 47.4 Å². The van der Waals surface area contributed by atoms with Crippen molar-refractivity contribution in [3.05, 3.63) is 48.0 Å². The summed E-state index contributed by atoms with van der Waals surface area (Å²) in [5.74, 6) is 6.92. The number of hydrogen-bond acceptors (Lipinski definition) is 5. The van der Waals surface area contributed by atoms with Gasteiger partial charge in [-0.2, -0.15) is 4.72 Å². The third kappa shape index (κ3) is 5.15. The van der Waals surface area contributed by atoms with Gasteiger partial charge in [-0.05, 0) is 30.7 Å². The summed E-state index contributed by atoms with van der Waals surface area (Å²) >= 11 is 0. The van der Waals surface area contributed by atoms with Gasteiger partial charge in [-0.25, -0.2) is 8.42 Å². The van der Waals surface area contributed by atoms with Gasteiger partial charge in [0.25, 0.3) is 0 Å². The van der Waals surface area contributed by atoms with Crippen molar-refractivity contribution in [3.63, 3.8) is 0 Å². The van der Waals surface area contributed by atoms with Gasteiger partial charge in [0.1, 0.15) is 28.8 Å². The Balaban J connectivity index is 1.96. The van der Waals surface area contributed by atoms with E-state index in [0.29, 0.717) is 5.75 Å². The van der Waals surface area contributed by atoms with E-state index in [4.69, 9.17) is 14.2 Å². The molecule has 0 saturated carbocycles. The predicted octanol–water partition coefficient (Wildman–Crippen LogP) is 2.37. The zero-order chi connectivity index (χ0) is 19.0. The molecule has 0 unspecified atom stereocenters. The van der Waals surface area contributed by atoms with E-state index in [9.17, 15) is 8.42 Å². The quantitative estimate of drug-likeness (QED) is 0.752. The molecular formula is C19H21NO5S. The zero-order valence-corrected chi connectivity index (χ0v) is 15.7. The lowest BCUT2D eigenvalue weighted by molar-refractivity contribution is 0.367. The summed E-state index contributed by atoms with van der Waals surface area (Å²) in [6.45, 7) is 2.08. The van der Waals surface area contributed by atoms with E-state index in [1.807, 2.05) is 31.2 Å². The van der Waals surface area contributed by atoms with Crippen LogP contribution in [-0.2, 0) is 10.0 Å².